The van der Waals surface area contributed by atoms with Gasteiger partial charge in [0.1, 0.15) is 0 Å². The van der Waals surface area contributed by atoms with E-state index in [1.165, 1.54) is 45.3 Å². The maximum atomic E-state index is 5.90. The van der Waals surface area contributed by atoms with Crippen molar-refractivity contribution in [3.8, 4) is 0 Å². The Labute approximate surface area is 99.5 Å². The van der Waals surface area contributed by atoms with Gasteiger partial charge in [0, 0.05) is 13.1 Å². The molecule has 2 rings (SSSR count). The van der Waals surface area contributed by atoms with E-state index in [9.17, 15) is 0 Å². The highest BCUT2D eigenvalue weighted by Crippen LogP contribution is 2.22. The van der Waals surface area contributed by atoms with Crippen LogP contribution in [0.1, 0.15) is 32.6 Å². The van der Waals surface area contributed by atoms with Crippen LogP contribution in [0.4, 0.5) is 0 Å². The van der Waals surface area contributed by atoms with E-state index in [4.69, 9.17) is 4.74 Å². The number of rotatable bonds is 4. The van der Waals surface area contributed by atoms with Gasteiger partial charge in [-0.05, 0) is 58.7 Å². The second kappa shape index (κ2) is 5.99. The van der Waals surface area contributed by atoms with Crippen LogP contribution in [0.5, 0.6) is 0 Å². The third-order valence-electron chi connectivity index (χ3n) is 3.88. The molecule has 3 unspecified atom stereocenters. The fourth-order valence-corrected chi connectivity index (χ4v) is 3.08. The van der Waals surface area contributed by atoms with Gasteiger partial charge in [-0.25, -0.2) is 0 Å². The highest BCUT2D eigenvalue weighted by Gasteiger charge is 2.26. The van der Waals surface area contributed by atoms with Gasteiger partial charge in [0.2, 0.25) is 0 Å². The highest BCUT2D eigenvalue weighted by atomic mass is 16.5. The maximum absolute atomic E-state index is 5.90. The molecule has 2 aliphatic rings. The summed E-state index contributed by atoms with van der Waals surface area (Å²) >= 11 is 0. The van der Waals surface area contributed by atoms with E-state index < -0.39 is 0 Å². The van der Waals surface area contributed by atoms with Crippen LogP contribution < -0.4 is 5.32 Å². The summed E-state index contributed by atoms with van der Waals surface area (Å²) in [6, 6.07) is 0. The topological polar surface area (TPSA) is 24.5 Å². The summed E-state index contributed by atoms with van der Waals surface area (Å²) < 4.78 is 5.90. The van der Waals surface area contributed by atoms with Gasteiger partial charge in [-0.15, -0.1) is 0 Å². The molecule has 0 aromatic heterocycles. The Morgan fingerprint density at radius 2 is 2.19 bits per heavy atom. The molecule has 1 N–H and O–H groups in total. The summed E-state index contributed by atoms with van der Waals surface area (Å²) in [5.41, 5.74) is 0. The zero-order valence-electron chi connectivity index (χ0n) is 10.7. The summed E-state index contributed by atoms with van der Waals surface area (Å²) in [6.45, 7) is 7.05. The summed E-state index contributed by atoms with van der Waals surface area (Å²) in [5, 5.41) is 3.30. The molecule has 3 heteroatoms. The summed E-state index contributed by atoms with van der Waals surface area (Å²) in [4.78, 5) is 2.61. The maximum Gasteiger partial charge on any atom is 0.0706 e. The number of hydrogen-bond acceptors (Lipinski definition) is 3. The van der Waals surface area contributed by atoms with Gasteiger partial charge in [0.15, 0.2) is 0 Å². The van der Waals surface area contributed by atoms with E-state index in [1.807, 2.05) is 0 Å². The fourth-order valence-electron chi connectivity index (χ4n) is 3.08. The van der Waals surface area contributed by atoms with Crippen LogP contribution >= 0.6 is 0 Å². The Morgan fingerprint density at radius 3 is 2.88 bits per heavy atom. The van der Waals surface area contributed by atoms with E-state index in [2.05, 4.69) is 24.2 Å². The number of ether oxygens (including phenoxy) is 1. The molecule has 2 fully saturated rings. The smallest absolute Gasteiger partial charge is 0.0706 e. The lowest BCUT2D eigenvalue weighted by Gasteiger charge is -2.34. The molecule has 0 amide bonds. The number of hydrogen-bond donors (Lipinski definition) is 1. The van der Waals surface area contributed by atoms with Gasteiger partial charge in [-0.2, -0.15) is 0 Å². The predicted octanol–water partition coefficient (Wildman–Crippen LogP) is 1.49. The summed E-state index contributed by atoms with van der Waals surface area (Å²) in [5.74, 6) is 0.845. The van der Waals surface area contributed by atoms with Crippen molar-refractivity contribution in [1.82, 2.24) is 10.2 Å². The Kier molecular flexibility index (Phi) is 4.62. The number of likely N-dealkylation sites (tertiary alicyclic amines) is 1. The van der Waals surface area contributed by atoms with Crippen molar-refractivity contribution in [1.29, 1.82) is 0 Å². The third kappa shape index (κ3) is 3.44. The molecule has 0 aromatic rings. The lowest BCUT2D eigenvalue weighted by Crippen LogP contribution is -2.42. The first-order chi connectivity index (χ1) is 7.78. The van der Waals surface area contributed by atoms with Gasteiger partial charge >= 0.3 is 0 Å². The minimum absolute atomic E-state index is 0.489. The number of piperidine rings is 1. The molecule has 3 nitrogen and oxygen atoms in total. The molecule has 0 aromatic carbocycles. The Balaban J connectivity index is 1.72. The lowest BCUT2D eigenvalue weighted by molar-refractivity contribution is 0.0220. The standard InChI is InChI=1S/C13H26N2O/c1-11-5-6-13(16-11)10-15-7-3-4-12(9-15)8-14-2/h11-14H,3-10H2,1-2H3. The van der Waals surface area contributed by atoms with Gasteiger partial charge in [0.25, 0.3) is 0 Å². The molecule has 2 aliphatic heterocycles. The Bertz CT molecular complexity index is 208. The molecular weight excluding hydrogens is 200 g/mol. The van der Waals surface area contributed by atoms with Gasteiger partial charge in [0.05, 0.1) is 12.2 Å². The minimum Gasteiger partial charge on any atom is -0.374 e. The molecule has 94 valence electrons. The molecule has 0 bridgehead atoms. The zero-order chi connectivity index (χ0) is 11.4. The lowest BCUT2D eigenvalue weighted by atomic mass is 9.97. The molecule has 2 heterocycles. The van der Waals surface area contributed by atoms with Gasteiger partial charge in [-0.3, -0.25) is 0 Å². The molecule has 0 spiro atoms. The molecular formula is C13H26N2O. The van der Waals surface area contributed by atoms with Crippen LogP contribution in [0.3, 0.4) is 0 Å². The van der Waals surface area contributed by atoms with Crippen LogP contribution in [-0.4, -0.2) is 50.3 Å². The quantitative estimate of drug-likeness (QED) is 0.786. The van der Waals surface area contributed by atoms with Crippen LogP contribution in [0.25, 0.3) is 0 Å². The van der Waals surface area contributed by atoms with E-state index in [0.717, 1.165) is 12.5 Å². The predicted molar refractivity (Wildman–Crippen MR) is 66.7 cm³/mol. The fraction of sp³-hybridized carbons (Fsp3) is 1.00. The molecule has 0 saturated carbocycles. The average molecular weight is 226 g/mol. The van der Waals surface area contributed by atoms with Crippen molar-refractivity contribution < 1.29 is 4.74 Å². The second-order valence-electron chi connectivity index (χ2n) is 5.47. The molecule has 3 atom stereocenters. The van der Waals surface area contributed by atoms with Crippen molar-refractivity contribution in [2.24, 2.45) is 5.92 Å². The van der Waals surface area contributed by atoms with E-state index in [-0.39, 0.29) is 0 Å². The van der Waals surface area contributed by atoms with Crippen molar-refractivity contribution >= 4 is 0 Å². The van der Waals surface area contributed by atoms with Crippen LogP contribution in [0.15, 0.2) is 0 Å². The molecule has 0 aliphatic carbocycles. The Hall–Kier alpha value is -0.120. The molecule has 2 saturated heterocycles. The van der Waals surface area contributed by atoms with Crippen molar-refractivity contribution in [3.63, 3.8) is 0 Å². The van der Waals surface area contributed by atoms with E-state index in [1.54, 1.807) is 0 Å². The average Bonchev–Trinajstić information content (AvgIpc) is 2.65. The summed E-state index contributed by atoms with van der Waals surface area (Å²) in [7, 11) is 2.06. The van der Waals surface area contributed by atoms with Gasteiger partial charge in [-0.1, -0.05) is 0 Å². The second-order valence-corrected chi connectivity index (χ2v) is 5.47. The number of nitrogens with zero attached hydrogens (tertiary/aromatic N) is 1. The highest BCUT2D eigenvalue weighted by molar-refractivity contribution is 4.79. The SMILES string of the molecule is CNCC1CCCN(CC2CCC(C)O2)C1. The molecule has 0 radical (unpaired) electrons. The van der Waals surface area contributed by atoms with Crippen LogP contribution in [-0.2, 0) is 4.74 Å². The van der Waals surface area contributed by atoms with Crippen LogP contribution in [0, 0.1) is 5.92 Å². The molecule has 16 heavy (non-hydrogen) atoms. The van der Waals surface area contributed by atoms with E-state index in [0.29, 0.717) is 12.2 Å². The van der Waals surface area contributed by atoms with Crippen molar-refractivity contribution in [2.45, 2.75) is 44.8 Å². The summed E-state index contributed by atoms with van der Waals surface area (Å²) in [6.07, 6.45) is 6.24. The van der Waals surface area contributed by atoms with Crippen molar-refractivity contribution in [3.05, 3.63) is 0 Å². The van der Waals surface area contributed by atoms with Crippen LogP contribution in [0.2, 0.25) is 0 Å². The zero-order valence-corrected chi connectivity index (χ0v) is 10.7. The van der Waals surface area contributed by atoms with Gasteiger partial charge < -0.3 is 15.0 Å². The monoisotopic (exact) mass is 226 g/mol. The largest absolute Gasteiger partial charge is 0.374 e. The first-order valence-corrected chi connectivity index (χ1v) is 6.80. The Morgan fingerprint density at radius 1 is 1.31 bits per heavy atom. The minimum atomic E-state index is 0.489. The third-order valence-corrected chi connectivity index (χ3v) is 3.88. The van der Waals surface area contributed by atoms with E-state index >= 15 is 0 Å². The normalized spacial score (nSPS) is 36.8. The first kappa shape index (κ1) is 12.3. The number of nitrogens with one attached hydrogen (secondary N) is 1. The van der Waals surface area contributed by atoms with Crippen molar-refractivity contribution in [2.75, 3.05) is 33.2 Å². The first-order valence-electron chi connectivity index (χ1n) is 6.80.